The molecule has 1 spiro atoms. The first-order valence-electron chi connectivity index (χ1n) is 11.6. The zero-order valence-corrected chi connectivity index (χ0v) is 19.6. The molecule has 32 heavy (non-hydrogen) atoms. The van der Waals surface area contributed by atoms with E-state index in [1.54, 1.807) is 6.07 Å². The number of ether oxygens (including phenoxy) is 2. The van der Waals surface area contributed by atoms with Crippen molar-refractivity contribution in [1.29, 1.82) is 5.26 Å². The van der Waals surface area contributed by atoms with Crippen LogP contribution >= 0.6 is 0 Å². The summed E-state index contributed by atoms with van der Waals surface area (Å²) in [4.78, 5) is 19.1. The number of hydrogen-bond donors (Lipinski definition) is 0. The zero-order chi connectivity index (χ0) is 22.9. The summed E-state index contributed by atoms with van der Waals surface area (Å²) in [5.41, 5.74) is 2.00. The first-order valence-corrected chi connectivity index (χ1v) is 11.6. The minimum atomic E-state index is -0.400. The van der Waals surface area contributed by atoms with E-state index in [-0.39, 0.29) is 17.6 Å². The van der Waals surface area contributed by atoms with Gasteiger partial charge in [0.2, 0.25) is 0 Å². The van der Waals surface area contributed by atoms with Gasteiger partial charge in [-0.25, -0.2) is 9.78 Å². The van der Waals surface area contributed by atoms with Crippen LogP contribution < -0.4 is 0 Å². The molecule has 172 valence electrons. The lowest BCUT2D eigenvalue weighted by Crippen LogP contribution is -2.43. The van der Waals surface area contributed by atoms with Gasteiger partial charge >= 0.3 is 6.09 Å². The van der Waals surface area contributed by atoms with Gasteiger partial charge in [0.25, 0.3) is 0 Å². The standard InChI is InChI=1S/C25H34N4O3/c1-18(2)31-16-24(3,4)14-29-15-25(32-23(29)30)9-5-6-20(11-25)13-28-17-27-21-8-7-19(12-26)10-22(21)28/h7-8,10,17-18,20H,5-6,9,11,13-16H2,1-4H3. The monoisotopic (exact) mass is 438 g/mol. The summed E-state index contributed by atoms with van der Waals surface area (Å²) in [6.45, 7) is 11.0. The SMILES string of the molecule is CC(C)OCC(C)(C)CN1CC2(CCCC(Cn3cnc4ccc(C#N)cc43)C2)OC1=O. The van der Waals surface area contributed by atoms with Crippen LogP contribution in [0.2, 0.25) is 0 Å². The highest BCUT2D eigenvalue weighted by atomic mass is 16.6. The predicted octanol–water partition coefficient (Wildman–Crippen LogP) is 4.74. The van der Waals surface area contributed by atoms with Gasteiger partial charge in [-0.2, -0.15) is 5.26 Å². The molecule has 2 aromatic rings. The van der Waals surface area contributed by atoms with E-state index in [2.05, 4.69) is 29.5 Å². The normalized spacial score (nSPS) is 23.8. The van der Waals surface area contributed by atoms with E-state index < -0.39 is 5.60 Å². The van der Waals surface area contributed by atoms with E-state index in [0.29, 0.717) is 31.2 Å². The number of benzene rings is 1. The summed E-state index contributed by atoms with van der Waals surface area (Å²) >= 11 is 0. The molecule has 2 unspecified atom stereocenters. The Labute approximate surface area is 190 Å². The quantitative estimate of drug-likeness (QED) is 0.624. The Bertz CT molecular complexity index is 1020. The Morgan fingerprint density at radius 2 is 2.22 bits per heavy atom. The number of amides is 1. The molecule has 1 amide bonds. The van der Waals surface area contributed by atoms with Gasteiger partial charge in [-0.1, -0.05) is 13.8 Å². The Hall–Kier alpha value is -2.59. The maximum absolute atomic E-state index is 12.7. The molecule has 1 aromatic heterocycles. The fourth-order valence-corrected chi connectivity index (χ4v) is 5.15. The molecule has 1 saturated heterocycles. The fraction of sp³-hybridized carbons (Fsp3) is 0.640. The summed E-state index contributed by atoms with van der Waals surface area (Å²) in [7, 11) is 0. The molecule has 2 heterocycles. The number of nitriles is 1. The molecule has 0 bridgehead atoms. The Morgan fingerprint density at radius 3 is 2.97 bits per heavy atom. The van der Waals surface area contributed by atoms with Gasteiger partial charge in [0.05, 0.1) is 48.2 Å². The summed E-state index contributed by atoms with van der Waals surface area (Å²) in [6.07, 6.45) is 5.75. The largest absolute Gasteiger partial charge is 0.441 e. The molecule has 2 aliphatic rings. The van der Waals surface area contributed by atoms with Crippen LogP contribution in [0.3, 0.4) is 0 Å². The number of fused-ring (bicyclic) bond motifs is 1. The van der Waals surface area contributed by atoms with Crippen LogP contribution in [0, 0.1) is 22.7 Å². The second kappa shape index (κ2) is 8.74. The lowest BCUT2D eigenvalue weighted by Gasteiger charge is -2.36. The van der Waals surface area contributed by atoms with Crippen LogP contribution in [0.1, 0.15) is 58.9 Å². The molecular formula is C25H34N4O3. The molecular weight excluding hydrogens is 404 g/mol. The van der Waals surface area contributed by atoms with E-state index in [1.807, 2.05) is 37.2 Å². The van der Waals surface area contributed by atoms with Crippen molar-refractivity contribution in [2.75, 3.05) is 19.7 Å². The molecule has 7 heteroatoms. The Kier molecular flexibility index (Phi) is 6.17. The molecule has 1 saturated carbocycles. The first-order chi connectivity index (χ1) is 15.2. The molecule has 1 aliphatic carbocycles. The third-order valence-corrected chi connectivity index (χ3v) is 6.58. The van der Waals surface area contributed by atoms with Crippen molar-refractivity contribution in [3.8, 4) is 6.07 Å². The molecule has 4 rings (SSSR count). The summed E-state index contributed by atoms with van der Waals surface area (Å²) in [5.74, 6) is 0.400. The van der Waals surface area contributed by atoms with E-state index in [9.17, 15) is 10.1 Å². The highest BCUT2D eigenvalue weighted by molar-refractivity contribution is 5.77. The summed E-state index contributed by atoms with van der Waals surface area (Å²) in [6, 6.07) is 7.81. The van der Waals surface area contributed by atoms with Crippen LogP contribution in [0.15, 0.2) is 24.5 Å². The minimum Gasteiger partial charge on any atom is -0.441 e. The Balaban J connectivity index is 1.43. The van der Waals surface area contributed by atoms with Gasteiger partial charge in [0.1, 0.15) is 5.60 Å². The van der Waals surface area contributed by atoms with Crippen molar-refractivity contribution < 1.29 is 14.3 Å². The molecule has 2 fully saturated rings. The second-order valence-electron chi connectivity index (χ2n) is 10.6. The second-order valence-corrected chi connectivity index (χ2v) is 10.6. The Morgan fingerprint density at radius 1 is 1.41 bits per heavy atom. The van der Waals surface area contributed by atoms with E-state index >= 15 is 0 Å². The lowest BCUT2D eigenvalue weighted by molar-refractivity contribution is 0.00325. The smallest absolute Gasteiger partial charge is 0.410 e. The number of hydrogen-bond acceptors (Lipinski definition) is 5. The first kappa shape index (κ1) is 22.6. The highest BCUT2D eigenvalue weighted by Crippen LogP contribution is 2.41. The third kappa shape index (κ3) is 4.91. The van der Waals surface area contributed by atoms with Crippen LogP contribution in [-0.2, 0) is 16.0 Å². The summed E-state index contributed by atoms with van der Waals surface area (Å²) in [5, 5.41) is 9.24. The molecule has 1 aliphatic heterocycles. The van der Waals surface area contributed by atoms with Gasteiger partial charge in [-0.05, 0) is 63.6 Å². The van der Waals surface area contributed by atoms with E-state index in [1.165, 1.54) is 0 Å². The number of carbonyl (C=O) groups excluding carboxylic acids is 1. The predicted molar refractivity (Wildman–Crippen MR) is 122 cm³/mol. The molecule has 0 radical (unpaired) electrons. The van der Waals surface area contributed by atoms with Gasteiger partial charge in [-0.3, -0.25) is 0 Å². The highest BCUT2D eigenvalue weighted by Gasteiger charge is 2.48. The average Bonchev–Trinajstić information content (AvgIpc) is 3.26. The van der Waals surface area contributed by atoms with Crippen molar-refractivity contribution in [3.05, 3.63) is 30.1 Å². The number of carbonyl (C=O) groups is 1. The molecule has 0 N–H and O–H groups in total. The molecule has 1 aromatic carbocycles. The van der Waals surface area contributed by atoms with Crippen molar-refractivity contribution in [3.63, 3.8) is 0 Å². The molecule has 2 atom stereocenters. The minimum absolute atomic E-state index is 0.128. The van der Waals surface area contributed by atoms with E-state index in [0.717, 1.165) is 43.3 Å². The maximum Gasteiger partial charge on any atom is 0.410 e. The van der Waals surface area contributed by atoms with Crippen LogP contribution in [0.5, 0.6) is 0 Å². The van der Waals surface area contributed by atoms with Gasteiger partial charge in [0, 0.05) is 18.5 Å². The third-order valence-electron chi connectivity index (χ3n) is 6.58. The van der Waals surface area contributed by atoms with Crippen LogP contribution in [0.25, 0.3) is 11.0 Å². The van der Waals surface area contributed by atoms with Gasteiger partial charge < -0.3 is 18.9 Å². The number of imidazole rings is 1. The summed E-state index contributed by atoms with van der Waals surface area (Å²) < 4.78 is 14.0. The van der Waals surface area contributed by atoms with Crippen molar-refractivity contribution in [2.24, 2.45) is 11.3 Å². The van der Waals surface area contributed by atoms with Crippen molar-refractivity contribution in [2.45, 2.75) is 71.6 Å². The molecule has 7 nitrogen and oxygen atoms in total. The van der Waals surface area contributed by atoms with Gasteiger partial charge in [0.15, 0.2) is 0 Å². The lowest BCUT2D eigenvalue weighted by atomic mass is 9.77. The van der Waals surface area contributed by atoms with Crippen molar-refractivity contribution >= 4 is 17.1 Å². The van der Waals surface area contributed by atoms with Crippen molar-refractivity contribution in [1.82, 2.24) is 14.5 Å². The van der Waals surface area contributed by atoms with Crippen LogP contribution in [0.4, 0.5) is 4.79 Å². The number of nitrogens with zero attached hydrogens (tertiary/aromatic N) is 4. The van der Waals surface area contributed by atoms with E-state index in [4.69, 9.17) is 9.47 Å². The maximum atomic E-state index is 12.7. The number of aromatic nitrogens is 2. The van der Waals surface area contributed by atoms with Crippen LogP contribution in [-0.4, -0.2) is 51.9 Å². The average molecular weight is 439 g/mol. The fourth-order valence-electron chi connectivity index (χ4n) is 5.15. The topological polar surface area (TPSA) is 80.4 Å². The zero-order valence-electron chi connectivity index (χ0n) is 19.6. The number of rotatable bonds is 7. The van der Waals surface area contributed by atoms with Gasteiger partial charge in [-0.15, -0.1) is 0 Å².